The molecule has 0 atom stereocenters. The number of aliphatic carboxylic acids is 1. The minimum absolute atomic E-state index is 0.0752. The van der Waals surface area contributed by atoms with E-state index < -0.39 is 10.9 Å². The molecule has 0 aliphatic heterocycles. The first-order valence-electron chi connectivity index (χ1n) is 4.07. The molecule has 0 aliphatic carbocycles. The maximum atomic E-state index is 10.7. The van der Waals surface area contributed by atoms with E-state index in [0.29, 0.717) is 11.1 Å². The van der Waals surface area contributed by atoms with Crippen LogP contribution in [-0.4, -0.2) is 16.0 Å². The van der Waals surface area contributed by atoms with Crippen molar-refractivity contribution in [2.75, 3.05) is 0 Å². The highest BCUT2D eigenvalue weighted by atomic mass is 79.9. The van der Waals surface area contributed by atoms with Crippen LogP contribution in [0.5, 0.6) is 0 Å². The predicted molar refractivity (Wildman–Crippen MR) is 56.9 cm³/mol. The number of benzene rings is 1. The number of nitro benzene ring substituents is 1. The van der Waals surface area contributed by atoms with Gasteiger partial charge in [-0.3, -0.25) is 14.9 Å². The standard InChI is InChI=1S/C9H8BrNO4/c1-5-2-3-6(4-7(12)13)8(10)9(5)11(14)15/h2-3H,4H2,1H3,(H,12,13). The van der Waals surface area contributed by atoms with Crippen LogP contribution in [-0.2, 0) is 11.2 Å². The lowest BCUT2D eigenvalue weighted by Crippen LogP contribution is -2.03. The average molecular weight is 274 g/mol. The second-order valence-electron chi connectivity index (χ2n) is 3.03. The monoisotopic (exact) mass is 273 g/mol. The molecule has 1 rings (SSSR count). The van der Waals surface area contributed by atoms with Crippen LogP contribution in [0.1, 0.15) is 11.1 Å². The molecule has 0 bridgehead atoms. The van der Waals surface area contributed by atoms with E-state index in [1.54, 1.807) is 19.1 Å². The number of rotatable bonds is 3. The third-order valence-electron chi connectivity index (χ3n) is 1.92. The third kappa shape index (κ3) is 2.53. The first-order chi connectivity index (χ1) is 6.93. The smallest absolute Gasteiger partial charge is 0.307 e. The summed E-state index contributed by atoms with van der Waals surface area (Å²) in [6.07, 6.45) is -0.234. The maximum absolute atomic E-state index is 10.7. The molecule has 1 N–H and O–H groups in total. The Morgan fingerprint density at radius 1 is 1.60 bits per heavy atom. The minimum Gasteiger partial charge on any atom is -0.481 e. The van der Waals surface area contributed by atoms with Crippen LogP contribution in [0, 0.1) is 17.0 Å². The molecule has 0 amide bonds. The molecule has 0 heterocycles. The zero-order valence-electron chi connectivity index (χ0n) is 7.86. The molecular formula is C9H8BrNO4. The number of hydrogen-bond donors (Lipinski definition) is 1. The Hall–Kier alpha value is -1.43. The van der Waals surface area contributed by atoms with Gasteiger partial charge in [-0.1, -0.05) is 12.1 Å². The number of aryl methyl sites for hydroxylation is 1. The number of halogens is 1. The topological polar surface area (TPSA) is 80.4 Å². The maximum Gasteiger partial charge on any atom is 0.307 e. The number of carboxylic acid groups (broad SMARTS) is 1. The summed E-state index contributed by atoms with van der Waals surface area (Å²) >= 11 is 3.06. The Labute approximate surface area is 94.0 Å². The van der Waals surface area contributed by atoms with Crippen molar-refractivity contribution >= 4 is 27.6 Å². The van der Waals surface area contributed by atoms with Crippen molar-refractivity contribution in [1.82, 2.24) is 0 Å². The number of hydrogen-bond acceptors (Lipinski definition) is 3. The molecular weight excluding hydrogens is 266 g/mol. The van der Waals surface area contributed by atoms with Gasteiger partial charge in [-0.05, 0) is 28.4 Å². The Kier molecular flexibility index (Phi) is 3.41. The minimum atomic E-state index is -1.02. The van der Waals surface area contributed by atoms with Gasteiger partial charge in [0.05, 0.1) is 15.8 Å². The summed E-state index contributed by atoms with van der Waals surface area (Å²) in [7, 11) is 0. The summed E-state index contributed by atoms with van der Waals surface area (Å²) in [5, 5.41) is 19.3. The molecule has 0 spiro atoms. The van der Waals surface area contributed by atoms with Crippen molar-refractivity contribution in [2.24, 2.45) is 0 Å². The molecule has 80 valence electrons. The Morgan fingerprint density at radius 3 is 2.67 bits per heavy atom. The van der Waals surface area contributed by atoms with E-state index in [-0.39, 0.29) is 16.6 Å². The zero-order valence-corrected chi connectivity index (χ0v) is 9.44. The van der Waals surface area contributed by atoms with E-state index in [2.05, 4.69) is 15.9 Å². The van der Waals surface area contributed by atoms with Crippen LogP contribution in [0.2, 0.25) is 0 Å². The van der Waals surface area contributed by atoms with Gasteiger partial charge in [-0.2, -0.15) is 0 Å². The summed E-state index contributed by atoms with van der Waals surface area (Å²) in [6.45, 7) is 1.60. The van der Waals surface area contributed by atoms with Crippen LogP contribution in [0.15, 0.2) is 16.6 Å². The number of carboxylic acids is 1. The van der Waals surface area contributed by atoms with Gasteiger partial charge in [0.15, 0.2) is 0 Å². The van der Waals surface area contributed by atoms with Gasteiger partial charge >= 0.3 is 5.97 Å². The fourth-order valence-electron chi connectivity index (χ4n) is 1.23. The van der Waals surface area contributed by atoms with Gasteiger partial charge < -0.3 is 5.11 Å². The lowest BCUT2D eigenvalue weighted by Gasteiger charge is -2.04. The number of nitrogens with zero attached hydrogens (tertiary/aromatic N) is 1. The van der Waals surface area contributed by atoms with Crippen LogP contribution < -0.4 is 0 Å². The number of carbonyl (C=O) groups is 1. The zero-order chi connectivity index (χ0) is 11.6. The second-order valence-corrected chi connectivity index (χ2v) is 3.82. The van der Waals surface area contributed by atoms with Crippen LogP contribution in [0.4, 0.5) is 5.69 Å². The Balaban J connectivity index is 3.28. The Bertz CT molecular complexity index is 430. The summed E-state index contributed by atoms with van der Waals surface area (Å²) in [5.41, 5.74) is 0.828. The highest BCUT2D eigenvalue weighted by molar-refractivity contribution is 9.10. The molecule has 0 aromatic heterocycles. The highest BCUT2D eigenvalue weighted by Gasteiger charge is 2.19. The molecule has 5 nitrogen and oxygen atoms in total. The van der Waals surface area contributed by atoms with Crippen molar-refractivity contribution in [3.8, 4) is 0 Å². The van der Waals surface area contributed by atoms with E-state index in [9.17, 15) is 14.9 Å². The quantitative estimate of drug-likeness (QED) is 0.677. The van der Waals surface area contributed by atoms with Crippen LogP contribution in [0.25, 0.3) is 0 Å². The first kappa shape index (κ1) is 11.6. The van der Waals surface area contributed by atoms with Gasteiger partial charge in [0.2, 0.25) is 0 Å². The summed E-state index contributed by atoms with van der Waals surface area (Å²) in [5.74, 6) is -1.02. The molecule has 0 aliphatic rings. The molecule has 0 unspecified atom stereocenters. The highest BCUT2D eigenvalue weighted by Crippen LogP contribution is 2.31. The first-order valence-corrected chi connectivity index (χ1v) is 4.87. The number of nitro groups is 1. The van der Waals surface area contributed by atoms with Crippen LogP contribution >= 0.6 is 15.9 Å². The van der Waals surface area contributed by atoms with E-state index in [1.807, 2.05) is 0 Å². The summed E-state index contributed by atoms with van der Waals surface area (Å²) in [4.78, 5) is 20.7. The molecule has 0 fully saturated rings. The molecule has 1 aromatic rings. The second kappa shape index (κ2) is 4.39. The molecule has 1 aromatic carbocycles. The van der Waals surface area contributed by atoms with Gasteiger partial charge in [-0.25, -0.2) is 0 Å². The van der Waals surface area contributed by atoms with E-state index in [0.717, 1.165) is 0 Å². The average Bonchev–Trinajstić information content (AvgIpc) is 2.09. The van der Waals surface area contributed by atoms with E-state index in [4.69, 9.17) is 5.11 Å². The van der Waals surface area contributed by atoms with Crippen molar-refractivity contribution in [3.63, 3.8) is 0 Å². The fourth-order valence-corrected chi connectivity index (χ4v) is 1.96. The largest absolute Gasteiger partial charge is 0.481 e. The third-order valence-corrected chi connectivity index (χ3v) is 2.81. The normalized spacial score (nSPS) is 10.0. The predicted octanol–water partition coefficient (Wildman–Crippen LogP) is 2.29. The van der Waals surface area contributed by atoms with E-state index in [1.165, 1.54) is 0 Å². The SMILES string of the molecule is Cc1ccc(CC(=O)O)c(Br)c1[N+](=O)[O-]. The van der Waals surface area contributed by atoms with Gasteiger partial charge in [-0.15, -0.1) is 0 Å². The summed E-state index contributed by atoms with van der Waals surface area (Å²) < 4.78 is 0.245. The van der Waals surface area contributed by atoms with Crippen molar-refractivity contribution in [2.45, 2.75) is 13.3 Å². The molecule has 6 heteroatoms. The van der Waals surface area contributed by atoms with Gasteiger partial charge in [0, 0.05) is 5.56 Å². The fraction of sp³-hybridized carbons (Fsp3) is 0.222. The van der Waals surface area contributed by atoms with Crippen molar-refractivity contribution in [1.29, 1.82) is 0 Å². The molecule has 0 radical (unpaired) electrons. The van der Waals surface area contributed by atoms with Crippen molar-refractivity contribution < 1.29 is 14.8 Å². The lowest BCUT2D eigenvalue weighted by atomic mass is 10.1. The Morgan fingerprint density at radius 2 is 2.20 bits per heavy atom. The van der Waals surface area contributed by atoms with Crippen molar-refractivity contribution in [3.05, 3.63) is 37.8 Å². The van der Waals surface area contributed by atoms with E-state index >= 15 is 0 Å². The molecule has 15 heavy (non-hydrogen) atoms. The summed E-state index contributed by atoms with van der Waals surface area (Å²) in [6, 6.07) is 3.11. The van der Waals surface area contributed by atoms with Gasteiger partial charge in [0.25, 0.3) is 5.69 Å². The van der Waals surface area contributed by atoms with Crippen LogP contribution in [0.3, 0.4) is 0 Å². The van der Waals surface area contributed by atoms with Gasteiger partial charge in [0.1, 0.15) is 0 Å². The lowest BCUT2D eigenvalue weighted by molar-refractivity contribution is -0.386. The molecule has 0 saturated heterocycles. The molecule has 0 saturated carbocycles.